The summed E-state index contributed by atoms with van der Waals surface area (Å²) in [6.45, 7) is 2.64. The van der Waals surface area contributed by atoms with Gasteiger partial charge in [-0.1, -0.05) is 13.8 Å². The number of hydrogen-bond acceptors (Lipinski definition) is 4. The Morgan fingerprint density at radius 3 is 2.48 bits per heavy atom. The topological polar surface area (TPSA) is 63.9 Å². The Kier molecular flexibility index (Phi) is 5.30. The monoisotopic (exact) mass is 327 g/mol. The normalized spacial score (nSPS) is 11.3. The van der Waals surface area contributed by atoms with Crippen molar-refractivity contribution in [3.05, 3.63) is 35.9 Å². The predicted molar refractivity (Wildman–Crippen MR) is 76.7 cm³/mol. The Morgan fingerprint density at radius 2 is 1.91 bits per heavy atom. The van der Waals surface area contributed by atoms with Crippen LogP contribution in [0, 0.1) is 5.82 Å². The highest BCUT2D eigenvalue weighted by Crippen LogP contribution is 2.18. The molecule has 0 radical (unpaired) electrons. The molecule has 9 heteroatoms. The molecule has 0 saturated heterocycles. The minimum atomic E-state index is -2.72. The Hall–Kier alpha value is -2.45. The number of halogens is 3. The summed E-state index contributed by atoms with van der Waals surface area (Å²) in [6, 6.07) is 4.77. The zero-order valence-electron chi connectivity index (χ0n) is 12.7. The Bertz CT molecular complexity index is 657. The van der Waals surface area contributed by atoms with Crippen molar-refractivity contribution >= 4 is 11.6 Å². The van der Waals surface area contributed by atoms with Gasteiger partial charge in [0.1, 0.15) is 12.4 Å². The first-order chi connectivity index (χ1) is 10.9. The third-order valence-corrected chi connectivity index (χ3v) is 3.12. The third kappa shape index (κ3) is 4.27. The van der Waals surface area contributed by atoms with Crippen LogP contribution in [0.15, 0.2) is 24.3 Å². The van der Waals surface area contributed by atoms with Crippen LogP contribution in [0.4, 0.5) is 18.9 Å². The number of alkyl halides is 2. The Morgan fingerprint density at radius 1 is 1.26 bits per heavy atom. The molecule has 0 fully saturated rings. The smallest absolute Gasteiger partial charge is 0.256 e. The quantitative estimate of drug-likeness (QED) is 0.816. The van der Waals surface area contributed by atoms with Crippen LogP contribution in [0.1, 0.15) is 25.6 Å². The first-order valence-corrected chi connectivity index (χ1v) is 6.98. The van der Waals surface area contributed by atoms with E-state index in [0.29, 0.717) is 5.82 Å². The van der Waals surface area contributed by atoms with E-state index in [4.69, 9.17) is 0 Å². The number of rotatable bonds is 6. The molecule has 1 heterocycles. The number of benzene rings is 1. The highest BCUT2D eigenvalue weighted by atomic mass is 19.3. The van der Waals surface area contributed by atoms with Crippen LogP contribution in [0.3, 0.4) is 0 Å². The molecule has 0 saturated carbocycles. The van der Waals surface area contributed by atoms with Gasteiger partial charge in [0, 0.05) is 11.6 Å². The molecule has 0 spiro atoms. The molecule has 6 nitrogen and oxygen atoms in total. The largest absolute Gasteiger partial charge is 0.305 e. The Labute approximate surface area is 130 Å². The lowest BCUT2D eigenvalue weighted by molar-refractivity contribution is -0.119. The predicted octanol–water partition coefficient (Wildman–Crippen LogP) is 2.23. The van der Waals surface area contributed by atoms with E-state index >= 15 is 0 Å². The molecule has 1 amide bonds. The van der Waals surface area contributed by atoms with Crippen molar-refractivity contribution in [2.24, 2.45) is 0 Å². The molecule has 1 aromatic heterocycles. The molecule has 0 bridgehead atoms. The van der Waals surface area contributed by atoms with Gasteiger partial charge in [-0.25, -0.2) is 17.9 Å². The summed E-state index contributed by atoms with van der Waals surface area (Å²) in [5.74, 6) is -0.659. The zero-order valence-corrected chi connectivity index (χ0v) is 12.7. The fraction of sp³-hybridized carbons (Fsp3) is 0.429. The van der Waals surface area contributed by atoms with Crippen molar-refractivity contribution in [2.75, 3.05) is 11.4 Å². The van der Waals surface area contributed by atoms with E-state index in [0.717, 1.165) is 17.0 Å². The molecular formula is C14H16F3N5O. The van der Waals surface area contributed by atoms with Gasteiger partial charge in [0.15, 0.2) is 5.82 Å². The molecule has 0 atom stereocenters. The van der Waals surface area contributed by atoms with Crippen molar-refractivity contribution in [2.45, 2.75) is 32.7 Å². The van der Waals surface area contributed by atoms with Crippen molar-refractivity contribution < 1.29 is 18.0 Å². The lowest BCUT2D eigenvalue weighted by atomic mass is 10.2. The minimum Gasteiger partial charge on any atom is -0.305 e. The number of hydrogen-bond donors (Lipinski definition) is 0. The molecule has 0 N–H and O–H groups in total. The number of amides is 1. The highest BCUT2D eigenvalue weighted by Gasteiger charge is 2.22. The van der Waals surface area contributed by atoms with Gasteiger partial charge in [-0.15, -0.1) is 5.10 Å². The van der Waals surface area contributed by atoms with Gasteiger partial charge in [0.25, 0.3) is 6.43 Å². The summed E-state index contributed by atoms with van der Waals surface area (Å²) in [5.41, 5.74) is 0.191. The zero-order chi connectivity index (χ0) is 17.0. The van der Waals surface area contributed by atoms with Crippen LogP contribution in [0.25, 0.3) is 0 Å². The van der Waals surface area contributed by atoms with E-state index in [1.165, 1.54) is 16.8 Å². The molecule has 0 aliphatic rings. The number of aromatic nitrogens is 4. The Balaban J connectivity index is 2.23. The average Bonchev–Trinajstić information content (AvgIpc) is 2.94. The van der Waals surface area contributed by atoms with E-state index in [-0.39, 0.29) is 18.2 Å². The van der Waals surface area contributed by atoms with E-state index in [1.54, 1.807) is 0 Å². The molecule has 0 aliphatic heterocycles. The van der Waals surface area contributed by atoms with E-state index in [2.05, 4.69) is 15.5 Å². The summed E-state index contributed by atoms with van der Waals surface area (Å²) < 4.78 is 39.8. The van der Waals surface area contributed by atoms with Crippen LogP contribution in [-0.4, -0.2) is 39.1 Å². The first kappa shape index (κ1) is 16.9. The fourth-order valence-corrected chi connectivity index (χ4v) is 2.06. The molecule has 0 aliphatic carbocycles. The average molecular weight is 327 g/mol. The van der Waals surface area contributed by atoms with Crippen LogP contribution >= 0.6 is 0 Å². The van der Waals surface area contributed by atoms with E-state index in [9.17, 15) is 18.0 Å². The van der Waals surface area contributed by atoms with Gasteiger partial charge in [-0.05, 0) is 34.7 Å². The number of tetrazole rings is 1. The number of carbonyl (C=O) groups excluding carboxylic acids is 1. The van der Waals surface area contributed by atoms with Gasteiger partial charge in [-0.2, -0.15) is 0 Å². The maximum absolute atomic E-state index is 13.0. The number of anilines is 1. The van der Waals surface area contributed by atoms with Crippen LogP contribution in [0.2, 0.25) is 0 Å². The van der Waals surface area contributed by atoms with Gasteiger partial charge in [-0.3, -0.25) is 4.79 Å². The maximum Gasteiger partial charge on any atom is 0.256 e. The molecule has 124 valence electrons. The lowest BCUT2D eigenvalue weighted by Gasteiger charge is -2.22. The van der Waals surface area contributed by atoms with Gasteiger partial charge in [0.05, 0.1) is 6.54 Å². The van der Waals surface area contributed by atoms with Crippen molar-refractivity contribution in [1.29, 1.82) is 0 Å². The van der Waals surface area contributed by atoms with Crippen molar-refractivity contribution in [3.63, 3.8) is 0 Å². The highest BCUT2D eigenvalue weighted by molar-refractivity contribution is 5.93. The van der Waals surface area contributed by atoms with Gasteiger partial charge < -0.3 is 4.90 Å². The van der Waals surface area contributed by atoms with Gasteiger partial charge >= 0.3 is 0 Å². The van der Waals surface area contributed by atoms with Crippen LogP contribution in [0.5, 0.6) is 0 Å². The maximum atomic E-state index is 13.0. The standard InChI is InChI=1S/C14H16F3N5O/c1-9(2)14-18-19-20-22(14)8-13(23)21(7-12(16)17)11-5-3-10(15)4-6-11/h3-6,9,12H,7-8H2,1-2H3. The molecule has 23 heavy (non-hydrogen) atoms. The van der Waals surface area contributed by atoms with Crippen LogP contribution in [-0.2, 0) is 11.3 Å². The third-order valence-electron chi connectivity index (χ3n) is 3.12. The second-order valence-electron chi connectivity index (χ2n) is 5.22. The first-order valence-electron chi connectivity index (χ1n) is 6.98. The summed E-state index contributed by atoms with van der Waals surface area (Å²) in [7, 11) is 0. The second kappa shape index (κ2) is 7.21. The molecule has 2 rings (SSSR count). The molecule has 0 unspecified atom stereocenters. The summed E-state index contributed by atoms with van der Waals surface area (Å²) in [6.07, 6.45) is -2.72. The molecule has 1 aromatic carbocycles. The summed E-state index contributed by atoms with van der Waals surface area (Å²) in [5, 5.41) is 11.0. The lowest BCUT2D eigenvalue weighted by Crippen LogP contribution is -2.38. The fourth-order valence-electron chi connectivity index (χ4n) is 2.06. The number of nitrogens with zero attached hydrogens (tertiary/aromatic N) is 5. The number of carbonyl (C=O) groups is 1. The minimum absolute atomic E-state index is 0.0211. The van der Waals surface area contributed by atoms with E-state index < -0.39 is 24.7 Å². The summed E-state index contributed by atoms with van der Waals surface area (Å²) >= 11 is 0. The molecular weight excluding hydrogens is 311 g/mol. The van der Waals surface area contributed by atoms with Gasteiger partial charge in [0.2, 0.25) is 5.91 Å². The molecule has 2 aromatic rings. The van der Waals surface area contributed by atoms with Crippen LogP contribution < -0.4 is 4.90 Å². The van der Waals surface area contributed by atoms with Crippen molar-refractivity contribution in [3.8, 4) is 0 Å². The second-order valence-corrected chi connectivity index (χ2v) is 5.22. The van der Waals surface area contributed by atoms with Crippen molar-refractivity contribution in [1.82, 2.24) is 20.2 Å². The summed E-state index contributed by atoms with van der Waals surface area (Å²) in [4.78, 5) is 13.3. The van der Waals surface area contributed by atoms with E-state index in [1.807, 2.05) is 13.8 Å². The SMILES string of the molecule is CC(C)c1nnnn1CC(=O)N(CC(F)F)c1ccc(F)cc1.